The fourth-order valence-electron chi connectivity index (χ4n) is 2.90. The number of hydrogen-bond donors (Lipinski definition) is 1. The van der Waals surface area contributed by atoms with E-state index in [0.717, 1.165) is 35.1 Å². The van der Waals surface area contributed by atoms with E-state index in [9.17, 15) is 17.6 Å². The van der Waals surface area contributed by atoms with Crippen molar-refractivity contribution >= 4 is 0 Å². The van der Waals surface area contributed by atoms with Gasteiger partial charge >= 0.3 is 6.18 Å². The lowest BCUT2D eigenvalue weighted by Gasteiger charge is -2.22. The summed E-state index contributed by atoms with van der Waals surface area (Å²) in [5.74, 6) is -0.292. The predicted molar refractivity (Wildman–Crippen MR) is 77.2 cm³/mol. The number of aromatic nitrogens is 2. The molecule has 0 aliphatic heterocycles. The van der Waals surface area contributed by atoms with Gasteiger partial charge in [0.25, 0.3) is 0 Å². The Bertz CT molecular complexity index is 661. The molecule has 1 N–H and O–H groups in total. The number of nitrogens with zero attached hydrogens (tertiary/aromatic N) is 2. The van der Waals surface area contributed by atoms with Crippen LogP contribution in [0.15, 0.2) is 30.5 Å². The van der Waals surface area contributed by atoms with Crippen molar-refractivity contribution in [2.75, 3.05) is 0 Å². The first-order valence-electron chi connectivity index (χ1n) is 7.51. The van der Waals surface area contributed by atoms with Crippen LogP contribution in [0.1, 0.15) is 35.7 Å². The number of aryl methyl sites for hydroxylation is 1. The maximum atomic E-state index is 12.9. The largest absolute Gasteiger partial charge is 0.408 e. The number of halogens is 4. The fraction of sp³-hybridized carbons (Fsp3) is 0.438. The van der Waals surface area contributed by atoms with Crippen molar-refractivity contribution in [2.24, 2.45) is 0 Å². The lowest BCUT2D eigenvalue weighted by molar-refractivity contribution is -0.142. The molecule has 1 atom stereocenters. The quantitative estimate of drug-likeness (QED) is 0.867. The smallest absolute Gasteiger partial charge is 0.304 e. The maximum Gasteiger partial charge on any atom is 0.408 e. The van der Waals surface area contributed by atoms with Gasteiger partial charge in [0, 0.05) is 12.7 Å². The number of nitrogens with one attached hydrogen (secondary N) is 1. The lowest BCUT2D eigenvalue weighted by atomic mass is 9.93. The summed E-state index contributed by atoms with van der Waals surface area (Å²) in [4.78, 5) is 0. The minimum absolute atomic E-state index is 0.0710. The van der Waals surface area contributed by atoms with Crippen LogP contribution in [-0.2, 0) is 19.5 Å². The molecular weight excluding hydrogens is 310 g/mol. The Balaban J connectivity index is 1.69. The average molecular weight is 327 g/mol. The molecule has 0 saturated carbocycles. The van der Waals surface area contributed by atoms with Crippen molar-refractivity contribution in [1.29, 1.82) is 0 Å². The highest BCUT2D eigenvalue weighted by molar-refractivity contribution is 5.24. The SMILES string of the molecule is Fc1ccc(CNC2CCCc3cn(CC(F)(F)F)nc32)cc1. The van der Waals surface area contributed by atoms with Crippen LogP contribution in [0.3, 0.4) is 0 Å². The van der Waals surface area contributed by atoms with Crippen molar-refractivity contribution in [1.82, 2.24) is 15.1 Å². The van der Waals surface area contributed by atoms with E-state index in [-0.39, 0.29) is 11.9 Å². The van der Waals surface area contributed by atoms with Gasteiger partial charge in [0.2, 0.25) is 0 Å². The Morgan fingerprint density at radius 1 is 1.22 bits per heavy atom. The number of fused-ring (bicyclic) bond motifs is 1. The van der Waals surface area contributed by atoms with E-state index in [1.54, 1.807) is 12.1 Å². The van der Waals surface area contributed by atoms with E-state index in [2.05, 4.69) is 10.4 Å². The summed E-state index contributed by atoms with van der Waals surface area (Å²) in [5, 5.41) is 7.43. The molecule has 124 valence electrons. The monoisotopic (exact) mass is 327 g/mol. The first kappa shape index (κ1) is 16.0. The normalized spacial score (nSPS) is 18.0. The zero-order valence-electron chi connectivity index (χ0n) is 12.4. The van der Waals surface area contributed by atoms with Crippen LogP contribution in [0.25, 0.3) is 0 Å². The molecule has 23 heavy (non-hydrogen) atoms. The van der Waals surface area contributed by atoms with E-state index in [0.29, 0.717) is 12.2 Å². The molecule has 0 bridgehead atoms. The summed E-state index contributed by atoms with van der Waals surface area (Å²) in [6, 6.07) is 6.09. The van der Waals surface area contributed by atoms with Gasteiger partial charge < -0.3 is 5.32 Å². The lowest BCUT2D eigenvalue weighted by Crippen LogP contribution is -2.25. The van der Waals surface area contributed by atoms with Gasteiger partial charge in [-0.25, -0.2) is 4.39 Å². The molecule has 1 heterocycles. The zero-order chi connectivity index (χ0) is 16.4. The second-order valence-electron chi connectivity index (χ2n) is 5.80. The molecule has 0 fully saturated rings. The molecule has 1 unspecified atom stereocenters. The van der Waals surface area contributed by atoms with Crippen molar-refractivity contribution < 1.29 is 17.6 Å². The molecule has 0 spiro atoms. The summed E-state index contributed by atoms with van der Waals surface area (Å²) < 4.78 is 51.4. The summed E-state index contributed by atoms with van der Waals surface area (Å²) in [7, 11) is 0. The van der Waals surface area contributed by atoms with Crippen LogP contribution in [0.2, 0.25) is 0 Å². The second kappa shape index (κ2) is 6.31. The Morgan fingerprint density at radius 2 is 1.96 bits per heavy atom. The Morgan fingerprint density at radius 3 is 2.65 bits per heavy atom. The highest BCUT2D eigenvalue weighted by atomic mass is 19.4. The van der Waals surface area contributed by atoms with Gasteiger partial charge in [0.05, 0.1) is 11.7 Å². The fourth-order valence-corrected chi connectivity index (χ4v) is 2.90. The van der Waals surface area contributed by atoms with E-state index in [4.69, 9.17) is 0 Å². The Hall–Kier alpha value is -1.89. The number of alkyl halides is 3. The summed E-state index contributed by atoms with van der Waals surface area (Å²) in [6.07, 6.45) is -0.287. The minimum Gasteiger partial charge on any atom is -0.304 e. The molecule has 1 aliphatic carbocycles. The Labute approximate surface area is 131 Å². The molecule has 1 aromatic heterocycles. The molecule has 0 saturated heterocycles. The third-order valence-electron chi connectivity index (χ3n) is 3.95. The summed E-state index contributed by atoms with van der Waals surface area (Å²) in [6.45, 7) is -0.540. The molecule has 1 aromatic carbocycles. The Kier molecular flexibility index (Phi) is 4.39. The van der Waals surface area contributed by atoms with Gasteiger partial charge in [-0.3, -0.25) is 4.68 Å². The van der Waals surface area contributed by atoms with Crippen molar-refractivity contribution in [3.8, 4) is 0 Å². The van der Waals surface area contributed by atoms with Crippen molar-refractivity contribution in [3.63, 3.8) is 0 Å². The first-order chi connectivity index (χ1) is 10.9. The molecule has 7 heteroatoms. The highest BCUT2D eigenvalue weighted by Crippen LogP contribution is 2.29. The van der Waals surface area contributed by atoms with Gasteiger partial charge in [-0.05, 0) is 42.5 Å². The van der Waals surface area contributed by atoms with E-state index in [1.807, 2.05) is 0 Å². The molecule has 3 rings (SSSR count). The number of rotatable bonds is 4. The van der Waals surface area contributed by atoms with E-state index >= 15 is 0 Å². The van der Waals surface area contributed by atoms with Crippen LogP contribution in [-0.4, -0.2) is 16.0 Å². The summed E-state index contributed by atoms with van der Waals surface area (Å²) >= 11 is 0. The highest BCUT2D eigenvalue weighted by Gasteiger charge is 2.30. The van der Waals surface area contributed by atoms with Gasteiger partial charge in [-0.2, -0.15) is 18.3 Å². The molecular formula is C16H17F4N3. The van der Waals surface area contributed by atoms with Gasteiger partial charge in [0.15, 0.2) is 0 Å². The van der Waals surface area contributed by atoms with Gasteiger partial charge in [0.1, 0.15) is 12.4 Å². The minimum atomic E-state index is -4.27. The number of benzene rings is 1. The zero-order valence-corrected chi connectivity index (χ0v) is 12.4. The van der Waals surface area contributed by atoms with Crippen LogP contribution in [0, 0.1) is 5.82 Å². The van der Waals surface area contributed by atoms with Crippen molar-refractivity contribution in [2.45, 2.75) is 44.6 Å². The van der Waals surface area contributed by atoms with Crippen molar-refractivity contribution in [3.05, 3.63) is 53.1 Å². The van der Waals surface area contributed by atoms with Crippen LogP contribution in [0.5, 0.6) is 0 Å². The molecule has 1 aliphatic rings. The van der Waals surface area contributed by atoms with E-state index in [1.165, 1.54) is 18.3 Å². The van der Waals surface area contributed by atoms with Crippen LogP contribution < -0.4 is 5.32 Å². The van der Waals surface area contributed by atoms with Gasteiger partial charge in [-0.1, -0.05) is 12.1 Å². The summed E-state index contributed by atoms with van der Waals surface area (Å²) in [5.41, 5.74) is 2.49. The standard InChI is InChI=1S/C16H17F4N3/c17-13-6-4-11(5-7-13)8-21-14-3-1-2-12-9-23(22-15(12)14)10-16(18,19)20/h4-7,9,14,21H,1-3,8,10H2. The van der Waals surface area contributed by atoms with Gasteiger partial charge in [-0.15, -0.1) is 0 Å². The molecule has 3 nitrogen and oxygen atoms in total. The van der Waals surface area contributed by atoms with Crippen LogP contribution >= 0.6 is 0 Å². The topological polar surface area (TPSA) is 29.9 Å². The maximum absolute atomic E-state index is 12.9. The first-order valence-corrected chi connectivity index (χ1v) is 7.51. The van der Waals surface area contributed by atoms with E-state index < -0.39 is 12.7 Å². The average Bonchev–Trinajstić information content (AvgIpc) is 2.87. The molecule has 0 amide bonds. The predicted octanol–water partition coefficient (Wildman–Crippen LogP) is 3.75. The number of hydrogen-bond acceptors (Lipinski definition) is 2. The third-order valence-corrected chi connectivity index (χ3v) is 3.95. The molecule has 2 aromatic rings. The third kappa shape index (κ3) is 4.10. The van der Waals surface area contributed by atoms with Crippen LogP contribution in [0.4, 0.5) is 17.6 Å². The second-order valence-corrected chi connectivity index (χ2v) is 5.80. The molecule has 0 radical (unpaired) electrons.